The van der Waals surface area contributed by atoms with Crippen LogP contribution in [0.25, 0.3) is 0 Å². The van der Waals surface area contributed by atoms with E-state index >= 15 is 0 Å². The molecule has 0 aromatic heterocycles. The maximum Gasteiger partial charge on any atom is 0.416 e. The normalized spacial score (nSPS) is 19.1. The summed E-state index contributed by atoms with van der Waals surface area (Å²) in [7, 11) is 1.78. The molecule has 0 amide bonds. The van der Waals surface area contributed by atoms with E-state index in [4.69, 9.17) is 4.99 Å². The molecule has 7 heteroatoms. The summed E-state index contributed by atoms with van der Waals surface area (Å²) < 4.78 is 39.2. The highest BCUT2D eigenvalue weighted by atomic mass is 19.4. The Morgan fingerprint density at radius 3 is 2.30 bits per heavy atom. The number of anilines is 1. The van der Waals surface area contributed by atoms with Gasteiger partial charge in [0.05, 0.1) is 5.56 Å². The Bertz CT molecular complexity index is 1020. The van der Waals surface area contributed by atoms with Gasteiger partial charge in [-0.1, -0.05) is 35.9 Å². The lowest BCUT2D eigenvalue weighted by molar-refractivity contribution is -0.137. The van der Waals surface area contributed by atoms with Gasteiger partial charge in [0, 0.05) is 50.7 Å². The molecule has 1 spiro atoms. The number of benzene rings is 2. The molecule has 0 atom stereocenters. The molecule has 0 N–H and O–H groups in total. The summed E-state index contributed by atoms with van der Waals surface area (Å²) in [5.74, 6) is 1.80. The van der Waals surface area contributed by atoms with Gasteiger partial charge in [-0.25, -0.2) is 4.99 Å². The number of aliphatic imine (C=N–C) groups is 2. The van der Waals surface area contributed by atoms with Crippen molar-refractivity contribution in [2.45, 2.75) is 39.3 Å². The molecule has 2 saturated heterocycles. The SMILES string of the molecule is C/N=C(Cc1ccc(C)cc1)\N=C(/C)N1CC2(CCN(c3cccc(C(F)(F)F)c3)CC2)C1. The largest absolute Gasteiger partial charge is 0.416 e. The van der Waals surface area contributed by atoms with Crippen LogP contribution in [0.5, 0.6) is 0 Å². The van der Waals surface area contributed by atoms with E-state index in [-0.39, 0.29) is 5.41 Å². The van der Waals surface area contributed by atoms with E-state index < -0.39 is 11.7 Å². The third-order valence-electron chi connectivity index (χ3n) is 6.90. The van der Waals surface area contributed by atoms with Gasteiger partial charge in [-0.2, -0.15) is 13.2 Å². The Hall–Kier alpha value is -2.83. The Kier molecular flexibility index (Phi) is 6.50. The highest BCUT2D eigenvalue weighted by Gasteiger charge is 2.45. The zero-order chi connectivity index (χ0) is 23.6. The minimum absolute atomic E-state index is 0.232. The number of alkyl halides is 3. The van der Waals surface area contributed by atoms with Crippen molar-refractivity contribution < 1.29 is 13.2 Å². The van der Waals surface area contributed by atoms with Crippen molar-refractivity contribution in [2.24, 2.45) is 15.4 Å². The van der Waals surface area contributed by atoms with E-state index in [0.717, 1.165) is 56.8 Å². The smallest absolute Gasteiger partial charge is 0.371 e. The molecule has 2 aliphatic heterocycles. The first-order valence-corrected chi connectivity index (χ1v) is 11.4. The maximum absolute atomic E-state index is 13.1. The van der Waals surface area contributed by atoms with Crippen molar-refractivity contribution >= 4 is 17.4 Å². The van der Waals surface area contributed by atoms with Crippen LogP contribution in [-0.2, 0) is 12.6 Å². The number of halogens is 3. The standard InChI is InChI=1S/C26H31F3N4/c1-19-7-9-21(10-8-19)15-24(30-3)31-20(2)33-17-25(18-33)11-13-32(14-12-25)23-6-4-5-22(16-23)26(27,28)29/h4-10,16H,11-15,17-18H2,1-3H3/b30-24-,31-20+. The molecule has 176 valence electrons. The molecule has 4 rings (SSSR count). The zero-order valence-electron chi connectivity index (χ0n) is 19.5. The van der Waals surface area contributed by atoms with Gasteiger partial charge in [0.15, 0.2) is 0 Å². The van der Waals surface area contributed by atoms with Crippen molar-refractivity contribution in [1.29, 1.82) is 0 Å². The molecule has 2 fully saturated rings. The van der Waals surface area contributed by atoms with Gasteiger partial charge in [0.25, 0.3) is 0 Å². The lowest BCUT2D eigenvalue weighted by Crippen LogP contribution is -2.61. The van der Waals surface area contributed by atoms with Crippen molar-refractivity contribution in [2.75, 3.05) is 38.1 Å². The van der Waals surface area contributed by atoms with Gasteiger partial charge >= 0.3 is 6.18 Å². The molecule has 0 saturated carbocycles. The second-order valence-corrected chi connectivity index (χ2v) is 9.35. The van der Waals surface area contributed by atoms with Gasteiger partial charge in [-0.15, -0.1) is 0 Å². The van der Waals surface area contributed by atoms with E-state index in [1.54, 1.807) is 13.1 Å². The predicted octanol–water partition coefficient (Wildman–Crippen LogP) is 5.61. The van der Waals surface area contributed by atoms with Crippen LogP contribution < -0.4 is 4.90 Å². The van der Waals surface area contributed by atoms with Gasteiger partial charge in [-0.05, 0) is 50.5 Å². The van der Waals surface area contributed by atoms with E-state index in [2.05, 4.69) is 46.0 Å². The predicted molar refractivity (Wildman–Crippen MR) is 128 cm³/mol. The summed E-state index contributed by atoms with van der Waals surface area (Å²) in [5.41, 5.74) is 2.74. The third-order valence-corrected chi connectivity index (χ3v) is 6.90. The fourth-order valence-corrected chi connectivity index (χ4v) is 4.74. The van der Waals surface area contributed by atoms with E-state index in [0.29, 0.717) is 12.1 Å². The van der Waals surface area contributed by atoms with Gasteiger partial charge in [-0.3, -0.25) is 4.99 Å². The molecule has 33 heavy (non-hydrogen) atoms. The molecular formula is C26H31F3N4. The molecule has 0 radical (unpaired) electrons. The van der Waals surface area contributed by atoms with Gasteiger partial charge in [0.1, 0.15) is 11.7 Å². The summed E-state index contributed by atoms with van der Waals surface area (Å²) in [5, 5.41) is 0. The first kappa shape index (κ1) is 23.3. The van der Waals surface area contributed by atoms with Crippen molar-refractivity contribution in [3.05, 3.63) is 65.2 Å². The lowest BCUT2D eigenvalue weighted by atomic mass is 9.72. The average Bonchev–Trinajstić information content (AvgIpc) is 2.78. The monoisotopic (exact) mass is 456 g/mol. The molecule has 2 aromatic carbocycles. The van der Waals surface area contributed by atoms with Gasteiger partial charge in [0.2, 0.25) is 0 Å². The maximum atomic E-state index is 13.1. The van der Waals surface area contributed by atoms with Crippen molar-refractivity contribution in [3.63, 3.8) is 0 Å². The molecule has 0 aliphatic carbocycles. The summed E-state index contributed by atoms with van der Waals surface area (Å²) in [4.78, 5) is 13.5. The van der Waals surface area contributed by atoms with E-state index in [1.807, 2.05) is 6.92 Å². The second kappa shape index (κ2) is 9.20. The van der Waals surface area contributed by atoms with Crippen LogP contribution in [0, 0.1) is 12.3 Å². The van der Waals surface area contributed by atoms with Crippen LogP contribution in [0.15, 0.2) is 58.5 Å². The highest BCUT2D eigenvalue weighted by Crippen LogP contribution is 2.42. The average molecular weight is 457 g/mol. The fraction of sp³-hybridized carbons (Fsp3) is 0.462. The quantitative estimate of drug-likeness (QED) is 0.444. The molecule has 2 aromatic rings. The summed E-state index contributed by atoms with van der Waals surface area (Å²) >= 11 is 0. The minimum Gasteiger partial charge on any atom is -0.371 e. The number of piperidine rings is 1. The molecule has 2 heterocycles. The number of likely N-dealkylation sites (tertiary alicyclic amines) is 1. The van der Waals surface area contributed by atoms with Crippen molar-refractivity contribution in [1.82, 2.24) is 4.90 Å². The lowest BCUT2D eigenvalue weighted by Gasteiger charge is -2.55. The van der Waals surface area contributed by atoms with Crippen LogP contribution in [-0.4, -0.2) is 49.8 Å². The highest BCUT2D eigenvalue weighted by molar-refractivity contribution is 5.97. The molecule has 2 aliphatic rings. The Balaban J connectivity index is 1.32. The molecule has 0 bridgehead atoms. The van der Waals surface area contributed by atoms with Crippen LogP contribution >= 0.6 is 0 Å². The molecular weight excluding hydrogens is 425 g/mol. The number of amidine groups is 2. The number of hydrogen-bond donors (Lipinski definition) is 0. The number of rotatable bonds is 3. The Morgan fingerprint density at radius 2 is 1.70 bits per heavy atom. The number of hydrogen-bond acceptors (Lipinski definition) is 2. The zero-order valence-corrected chi connectivity index (χ0v) is 19.5. The minimum atomic E-state index is -4.31. The van der Waals surface area contributed by atoms with Crippen LogP contribution in [0.1, 0.15) is 36.5 Å². The topological polar surface area (TPSA) is 31.2 Å². The summed E-state index contributed by atoms with van der Waals surface area (Å²) in [6.07, 6.45) is -1.65. The van der Waals surface area contributed by atoms with Crippen LogP contribution in [0.3, 0.4) is 0 Å². The third kappa shape index (κ3) is 5.40. The van der Waals surface area contributed by atoms with Gasteiger partial charge < -0.3 is 9.80 Å². The Morgan fingerprint density at radius 1 is 1.03 bits per heavy atom. The number of aryl methyl sites for hydroxylation is 1. The first-order valence-electron chi connectivity index (χ1n) is 11.4. The number of nitrogens with zero attached hydrogens (tertiary/aromatic N) is 4. The Labute approximate surface area is 193 Å². The van der Waals surface area contributed by atoms with E-state index in [9.17, 15) is 13.2 Å². The summed E-state index contributed by atoms with van der Waals surface area (Å²) in [6.45, 7) is 7.55. The molecule has 0 unspecified atom stereocenters. The van der Waals surface area contributed by atoms with Crippen LogP contribution in [0.2, 0.25) is 0 Å². The van der Waals surface area contributed by atoms with Crippen molar-refractivity contribution in [3.8, 4) is 0 Å². The fourth-order valence-electron chi connectivity index (χ4n) is 4.74. The molecule has 4 nitrogen and oxygen atoms in total. The summed E-state index contributed by atoms with van der Waals surface area (Å²) in [6, 6.07) is 14.1. The van der Waals surface area contributed by atoms with E-state index in [1.165, 1.54) is 23.3 Å². The van der Waals surface area contributed by atoms with Crippen LogP contribution in [0.4, 0.5) is 18.9 Å². The first-order chi connectivity index (χ1) is 15.7. The second-order valence-electron chi connectivity index (χ2n) is 9.35.